The Balaban J connectivity index is 1.99. The van der Waals surface area contributed by atoms with Crippen LogP contribution in [0, 0.1) is 0 Å². The average molecular weight is 279 g/mol. The van der Waals surface area contributed by atoms with Gasteiger partial charge in [-0.15, -0.1) is 10.2 Å². The molecule has 1 saturated carbocycles. The first-order chi connectivity index (χ1) is 8.47. The van der Waals surface area contributed by atoms with Gasteiger partial charge < -0.3 is 0 Å². The van der Waals surface area contributed by atoms with E-state index in [1.165, 1.54) is 6.42 Å². The number of nitrogens with zero attached hydrogens (tertiary/aromatic N) is 2. The minimum atomic E-state index is -4.89. The molecular formula is C10H12F3N3OS. The maximum absolute atomic E-state index is 12.0. The van der Waals surface area contributed by atoms with Crippen LogP contribution >= 0.6 is 11.3 Å². The fourth-order valence-corrected chi connectivity index (χ4v) is 2.88. The number of alkyl halides is 3. The lowest BCUT2D eigenvalue weighted by molar-refractivity contribution is -0.167. The Bertz CT molecular complexity index is 426. The number of halogens is 3. The Hall–Kier alpha value is -1.18. The van der Waals surface area contributed by atoms with Crippen molar-refractivity contribution in [2.45, 2.75) is 44.2 Å². The number of carbonyl (C=O) groups is 1. The second kappa shape index (κ2) is 5.21. The number of carbonyl (C=O) groups excluding carboxylic acids is 1. The number of hydrogen-bond donors (Lipinski definition) is 1. The summed E-state index contributed by atoms with van der Waals surface area (Å²) in [5, 5.41) is 9.79. The molecule has 0 unspecified atom stereocenters. The molecule has 0 atom stereocenters. The Labute approximate surface area is 106 Å². The molecule has 0 aliphatic heterocycles. The summed E-state index contributed by atoms with van der Waals surface area (Å²) in [5.41, 5.74) is 0. The highest BCUT2D eigenvalue weighted by molar-refractivity contribution is 7.15. The Morgan fingerprint density at radius 2 is 1.89 bits per heavy atom. The molecule has 18 heavy (non-hydrogen) atoms. The van der Waals surface area contributed by atoms with Crippen molar-refractivity contribution in [1.82, 2.24) is 10.2 Å². The molecule has 4 nitrogen and oxygen atoms in total. The van der Waals surface area contributed by atoms with Gasteiger partial charge in [-0.25, -0.2) is 0 Å². The van der Waals surface area contributed by atoms with Gasteiger partial charge in [-0.2, -0.15) is 13.2 Å². The van der Waals surface area contributed by atoms with Crippen LogP contribution in [0.3, 0.4) is 0 Å². The first kappa shape index (κ1) is 13.3. The van der Waals surface area contributed by atoms with Crippen molar-refractivity contribution in [1.29, 1.82) is 0 Å². The molecule has 0 bridgehead atoms. The minimum Gasteiger partial charge on any atom is -0.293 e. The van der Waals surface area contributed by atoms with E-state index in [-0.39, 0.29) is 11.0 Å². The highest BCUT2D eigenvalue weighted by Crippen LogP contribution is 2.35. The van der Waals surface area contributed by atoms with E-state index in [1.54, 1.807) is 5.32 Å². The summed E-state index contributed by atoms with van der Waals surface area (Å²) < 4.78 is 36.1. The number of aromatic nitrogens is 2. The quantitative estimate of drug-likeness (QED) is 0.905. The lowest BCUT2D eigenvalue weighted by atomic mass is 9.90. The summed E-state index contributed by atoms with van der Waals surface area (Å²) in [6.45, 7) is 0. The number of anilines is 1. The van der Waals surface area contributed by atoms with E-state index >= 15 is 0 Å². The zero-order valence-electron chi connectivity index (χ0n) is 9.46. The predicted octanol–water partition coefficient (Wildman–Crippen LogP) is 3.09. The Morgan fingerprint density at radius 1 is 1.22 bits per heavy atom. The molecule has 1 aliphatic carbocycles. The van der Waals surface area contributed by atoms with Crippen LogP contribution in [0.2, 0.25) is 0 Å². The van der Waals surface area contributed by atoms with Gasteiger partial charge in [0.2, 0.25) is 5.13 Å². The third-order valence-corrected chi connectivity index (χ3v) is 3.87. The van der Waals surface area contributed by atoms with Gasteiger partial charge in [0.1, 0.15) is 5.01 Å². The van der Waals surface area contributed by atoms with Crippen molar-refractivity contribution in [3.05, 3.63) is 5.01 Å². The van der Waals surface area contributed by atoms with E-state index in [1.807, 2.05) is 0 Å². The maximum Gasteiger partial charge on any atom is 0.471 e. The minimum absolute atomic E-state index is 0.0853. The van der Waals surface area contributed by atoms with E-state index in [0.717, 1.165) is 37.0 Å². The van der Waals surface area contributed by atoms with Crippen molar-refractivity contribution in [3.63, 3.8) is 0 Å². The van der Waals surface area contributed by atoms with Crippen molar-refractivity contribution in [3.8, 4) is 0 Å². The lowest BCUT2D eigenvalue weighted by Gasteiger charge is -2.18. The highest BCUT2D eigenvalue weighted by atomic mass is 32.1. The average Bonchev–Trinajstić information content (AvgIpc) is 2.77. The van der Waals surface area contributed by atoms with Gasteiger partial charge in [-0.1, -0.05) is 30.6 Å². The monoisotopic (exact) mass is 279 g/mol. The second-order valence-corrected chi connectivity index (χ2v) is 5.24. The topological polar surface area (TPSA) is 54.9 Å². The molecule has 1 aromatic rings. The van der Waals surface area contributed by atoms with Crippen LogP contribution in [0.25, 0.3) is 0 Å². The molecule has 1 amide bonds. The molecule has 1 heterocycles. The number of amides is 1. The first-order valence-corrected chi connectivity index (χ1v) is 6.50. The molecule has 8 heteroatoms. The largest absolute Gasteiger partial charge is 0.471 e. The molecule has 1 fully saturated rings. The summed E-state index contributed by atoms with van der Waals surface area (Å²) >= 11 is 1.03. The molecular weight excluding hydrogens is 267 g/mol. The Morgan fingerprint density at radius 3 is 2.50 bits per heavy atom. The number of hydrogen-bond acceptors (Lipinski definition) is 4. The molecule has 0 spiro atoms. The van der Waals surface area contributed by atoms with E-state index in [4.69, 9.17) is 0 Å². The fraction of sp³-hybridized carbons (Fsp3) is 0.700. The Kier molecular flexibility index (Phi) is 3.84. The summed E-state index contributed by atoms with van der Waals surface area (Å²) in [6.07, 6.45) is 0.482. The summed E-state index contributed by atoms with van der Waals surface area (Å²) in [5.74, 6) is -1.73. The normalized spacial score (nSPS) is 17.7. The summed E-state index contributed by atoms with van der Waals surface area (Å²) in [7, 11) is 0. The van der Waals surface area contributed by atoms with Crippen LogP contribution in [-0.4, -0.2) is 22.3 Å². The van der Waals surface area contributed by atoms with Gasteiger partial charge in [-0.05, 0) is 12.8 Å². The zero-order chi connectivity index (χ0) is 13.2. The predicted molar refractivity (Wildman–Crippen MR) is 60.4 cm³/mol. The van der Waals surface area contributed by atoms with Crippen LogP contribution < -0.4 is 5.32 Å². The van der Waals surface area contributed by atoms with E-state index in [2.05, 4.69) is 10.2 Å². The van der Waals surface area contributed by atoms with E-state index in [0.29, 0.717) is 5.01 Å². The van der Waals surface area contributed by atoms with E-state index < -0.39 is 12.1 Å². The SMILES string of the molecule is O=C(Nc1nnc(C2CCCCC2)s1)C(F)(F)F. The van der Waals surface area contributed by atoms with E-state index in [9.17, 15) is 18.0 Å². The van der Waals surface area contributed by atoms with Crippen molar-refractivity contribution < 1.29 is 18.0 Å². The summed E-state index contributed by atoms with van der Waals surface area (Å²) in [6, 6.07) is 0. The van der Waals surface area contributed by atoms with Gasteiger partial charge in [-0.3, -0.25) is 10.1 Å². The first-order valence-electron chi connectivity index (χ1n) is 5.68. The van der Waals surface area contributed by atoms with Gasteiger partial charge in [0.15, 0.2) is 0 Å². The maximum atomic E-state index is 12.0. The van der Waals surface area contributed by atoms with Crippen LogP contribution in [0.1, 0.15) is 43.0 Å². The van der Waals surface area contributed by atoms with Crippen molar-refractivity contribution >= 4 is 22.4 Å². The summed E-state index contributed by atoms with van der Waals surface area (Å²) in [4.78, 5) is 10.7. The zero-order valence-corrected chi connectivity index (χ0v) is 10.3. The highest BCUT2D eigenvalue weighted by Gasteiger charge is 2.39. The second-order valence-electron chi connectivity index (χ2n) is 4.23. The molecule has 2 rings (SSSR count). The van der Waals surface area contributed by atoms with Crippen LogP contribution in [-0.2, 0) is 4.79 Å². The molecule has 0 saturated heterocycles. The molecule has 1 N–H and O–H groups in total. The third-order valence-electron chi connectivity index (χ3n) is 2.87. The van der Waals surface area contributed by atoms with Crippen LogP contribution in [0.5, 0.6) is 0 Å². The molecule has 0 radical (unpaired) electrons. The lowest BCUT2D eigenvalue weighted by Crippen LogP contribution is -2.29. The fourth-order valence-electron chi connectivity index (χ4n) is 1.97. The van der Waals surface area contributed by atoms with Gasteiger partial charge in [0, 0.05) is 5.92 Å². The van der Waals surface area contributed by atoms with Gasteiger partial charge >= 0.3 is 12.1 Å². The van der Waals surface area contributed by atoms with Crippen molar-refractivity contribution in [2.75, 3.05) is 5.32 Å². The van der Waals surface area contributed by atoms with Crippen molar-refractivity contribution in [2.24, 2.45) is 0 Å². The smallest absolute Gasteiger partial charge is 0.293 e. The standard InChI is InChI=1S/C10H12F3N3OS/c11-10(12,13)8(17)14-9-16-15-7(18-9)6-4-2-1-3-5-6/h6H,1-5H2,(H,14,16,17). The molecule has 1 aromatic heterocycles. The van der Waals surface area contributed by atoms with Gasteiger partial charge in [0.25, 0.3) is 0 Å². The molecule has 1 aliphatic rings. The number of nitrogens with one attached hydrogen (secondary N) is 1. The van der Waals surface area contributed by atoms with Crippen LogP contribution in [0.4, 0.5) is 18.3 Å². The number of rotatable bonds is 2. The molecule has 100 valence electrons. The van der Waals surface area contributed by atoms with Crippen LogP contribution in [0.15, 0.2) is 0 Å². The molecule has 0 aromatic carbocycles. The third kappa shape index (κ3) is 3.18. The van der Waals surface area contributed by atoms with Gasteiger partial charge in [0.05, 0.1) is 0 Å².